The Morgan fingerprint density at radius 1 is 0.952 bits per heavy atom. The van der Waals surface area contributed by atoms with E-state index in [1.54, 1.807) is 7.11 Å². The molecule has 3 heteroatoms. The van der Waals surface area contributed by atoms with Crippen molar-refractivity contribution in [1.82, 2.24) is 0 Å². The van der Waals surface area contributed by atoms with Crippen LogP contribution in [0.25, 0.3) is 0 Å². The summed E-state index contributed by atoms with van der Waals surface area (Å²) >= 11 is 0. The molecule has 0 aliphatic rings. The Morgan fingerprint density at radius 2 is 1.62 bits per heavy atom. The van der Waals surface area contributed by atoms with Gasteiger partial charge in [-0.2, -0.15) is 0 Å². The largest absolute Gasteiger partial charge is 0.493 e. The van der Waals surface area contributed by atoms with Crippen molar-refractivity contribution in [3.63, 3.8) is 0 Å². The zero-order valence-corrected chi connectivity index (χ0v) is 12.9. The first-order valence-corrected chi connectivity index (χ1v) is 7.22. The standard InChI is InChI=1S/C18H23NO2/c1-13(2)16-7-4-14(5-8-16)12-21-17-9-6-15(11-19)10-18(17)20-3/h4-10,13H,11-12,19H2,1-3H3. The van der Waals surface area contributed by atoms with Crippen LogP contribution in [0.3, 0.4) is 0 Å². The van der Waals surface area contributed by atoms with Crippen molar-refractivity contribution in [2.45, 2.75) is 32.9 Å². The van der Waals surface area contributed by atoms with E-state index in [0.29, 0.717) is 19.1 Å². The third kappa shape index (κ3) is 3.99. The van der Waals surface area contributed by atoms with Gasteiger partial charge >= 0.3 is 0 Å². The summed E-state index contributed by atoms with van der Waals surface area (Å²) in [5, 5.41) is 0. The third-order valence-electron chi connectivity index (χ3n) is 3.50. The molecule has 112 valence electrons. The Hall–Kier alpha value is -2.00. The summed E-state index contributed by atoms with van der Waals surface area (Å²) in [6, 6.07) is 14.3. The smallest absolute Gasteiger partial charge is 0.161 e. The molecule has 0 saturated heterocycles. The summed E-state index contributed by atoms with van der Waals surface area (Å²) in [4.78, 5) is 0. The Labute approximate surface area is 126 Å². The molecule has 0 aliphatic carbocycles. The second-order valence-corrected chi connectivity index (χ2v) is 5.37. The van der Waals surface area contributed by atoms with Gasteiger partial charge in [0.2, 0.25) is 0 Å². The maximum atomic E-state index is 5.85. The first kappa shape index (κ1) is 15.4. The number of methoxy groups -OCH3 is 1. The van der Waals surface area contributed by atoms with Gasteiger partial charge in [0.15, 0.2) is 11.5 Å². The predicted octanol–water partition coefficient (Wildman–Crippen LogP) is 3.86. The van der Waals surface area contributed by atoms with Crippen molar-refractivity contribution in [3.8, 4) is 11.5 Å². The van der Waals surface area contributed by atoms with Gasteiger partial charge in [0.05, 0.1) is 7.11 Å². The Balaban J connectivity index is 2.05. The van der Waals surface area contributed by atoms with Crippen LogP contribution in [-0.4, -0.2) is 7.11 Å². The number of benzene rings is 2. The van der Waals surface area contributed by atoms with E-state index in [9.17, 15) is 0 Å². The first-order valence-electron chi connectivity index (χ1n) is 7.22. The highest BCUT2D eigenvalue weighted by molar-refractivity contribution is 5.43. The molecule has 0 saturated carbocycles. The number of hydrogen-bond acceptors (Lipinski definition) is 3. The van der Waals surface area contributed by atoms with Gasteiger partial charge in [0.25, 0.3) is 0 Å². The van der Waals surface area contributed by atoms with Crippen LogP contribution in [0.5, 0.6) is 11.5 Å². The quantitative estimate of drug-likeness (QED) is 0.876. The van der Waals surface area contributed by atoms with Gasteiger partial charge in [-0.3, -0.25) is 0 Å². The average Bonchev–Trinajstić information content (AvgIpc) is 2.53. The molecule has 0 spiro atoms. The van der Waals surface area contributed by atoms with Crippen molar-refractivity contribution in [1.29, 1.82) is 0 Å². The molecule has 0 unspecified atom stereocenters. The molecule has 21 heavy (non-hydrogen) atoms. The Bertz CT molecular complexity index is 576. The molecule has 0 fully saturated rings. The molecular formula is C18H23NO2. The molecule has 0 amide bonds. The molecule has 0 radical (unpaired) electrons. The number of hydrogen-bond donors (Lipinski definition) is 1. The van der Waals surface area contributed by atoms with Crippen molar-refractivity contribution in [2.24, 2.45) is 5.73 Å². The highest BCUT2D eigenvalue weighted by atomic mass is 16.5. The summed E-state index contributed by atoms with van der Waals surface area (Å²) in [6.07, 6.45) is 0. The van der Waals surface area contributed by atoms with E-state index in [2.05, 4.69) is 38.1 Å². The second-order valence-electron chi connectivity index (χ2n) is 5.37. The molecule has 2 N–H and O–H groups in total. The monoisotopic (exact) mass is 285 g/mol. The summed E-state index contributed by atoms with van der Waals surface area (Å²) in [7, 11) is 1.64. The number of nitrogens with two attached hydrogens (primary N) is 1. The van der Waals surface area contributed by atoms with Crippen LogP contribution in [0.2, 0.25) is 0 Å². The third-order valence-corrected chi connectivity index (χ3v) is 3.50. The van der Waals surface area contributed by atoms with E-state index >= 15 is 0 Å². The Kier molecular flexibility index (Phi) is 5.23. The van der Waals surface area contributed by atoms with Gasteiger partial charge in [-0.25, -0.2) is 0 Å². The van der Waals surface area contributed by atoms with Crippen LogP contribution < -0.4 is 15.2 Å². The lowest BCUT2D eigenvalue weighted by molar-refractivity contribution is 0.284. The highest BCUT2D eigenvalue weighted by Gasteiger charge is 2.06. The normalized spacial score (nSPS) is 10.7. The average molecular weight is 285 g/mol. The maximum absolute atomic E-state index is 5.85. The lowest BCUT2D eigenvalue weighted by Gasteiger charge is -2.12. The van der Waals surface area contributed by atoms with Gasteiger partial charge in [0.1, 0.15) is 6.61 Å². The zero-order valence-electron chi connectivity index (χ0n) is 12.9. The van der Waals surface area contributed by atoms with Crippen molar-refractivity contribution in [3.05, 3.63) is 59.2 Å². The fraction of sp³-hybridized carbons (Fsp3) is 0.333. The van der Waals surface area contributed by atoms with Gasteiger partial charge in [-0.1, -0.05) is 44.2 Å². The van der Waals surface area contributed by atoms with Crippen LogP contribution in [0.4, 0.5) is 0 Å². The summed E-state index contributed by atoms with van der Waals surface area (Å²) in [5.74, 6) is 2.00. The van der Waals surface area contributed by atoms with Crippen LogP contribution >= 0.6 is 0 Å². The molecule has 0 bridgehead atoms. The molecule has 2 aromatic carbocycles. The topological polar surface area (TPSA) is 44.5 Å². The van der Waals surface area contributed by atoms with Crippen molar-refractivity contribution >= 4 is 0 Å². The van der Waals surface area contributed by atoms with Gasteiger partial charge in [-0.15, -0.1) is 0 Å². The number of rotatable bonds is 6. The fourth-order valence-electron chi connectivity index (χ4n) is 2.12. The number of ether oxygens (including phenoxy) is 2. The van der Waals surface area contributed by atoms with E-state index in [1.165, 1.54) is 5.56 Å². The predicted molar refractivity (Wildman–Crippen MR) is 85.7 cm³/mol. The first-order chi connectivity index (χ1) is 10.1. The van der Waals surface area contributed by atoms with Gasteiger partial charge in [0, 0.05) is 6.54 Å². The van der Waals surface area contributed by atoms with Crippen LogP contribution in [0, 0.1) is 0 Å². The van der Waals surface area contributed by atoms with Crippen LogP contribution in [0.15, 0.2) is 42.5 Å². The minimum absolute atomic E-state index is 0.493. The minimum Gasteiger partial charge on any atom is -0.493 e. The second kappa shape index (κ2) is 7.14. The van der Waals surface area contributed by atoms with Crippen LogP contribution in [0.1, 0.15) is 36.5 Å². The molecular weight excluding hydrogens is 262 g/mol. The lowest BCUT2D eigenvalue weighted by atomic mass is 10.0. The van der Waals surface area contributed by atoms with Crippen molar-refractivity contribution in [2.75, 3.05) is 7.11 Å². The molecule has 0 atom stereocenters. The van der Waals surface area contributed by atoms with Crippen LogP contribution in [-0.2, 0) is 13.2 Å². The van der Waals surface area contributed by atoms with E-state index < -0.39 is 0 Å². The van der Waals surface area contributed by atoms with E-state index in [1.807, 2.05) is 18.2 Å². The van der Waals surface area contributed by atoms with E-state index in [0.717, 1.165) is 22.6 Å². The molecule has 0 aliphatic heterocycles. The zero-order chi connectivity index (χ0) is 15.2. The molecule has 0 aromatic heterocycles. The highest BCUT2D eigenvalue weighted by Crippen LogP contribution is 2.28. The minimum atomic E-state index is 0.493. The van der Waals surface area contributed by atoms with Gasteiger partial charge in [-0.05, 0) is 34.7 Å². The molecule has 3 nitrogen and oxygen atoms in total. The summed E-state index contributed by atoms with van der Waals surface area (Å²) in [5.41, 5.74) is 9.14. The van der Waals surface area contributed by atoms with E-state index in [-0.39, 0.29) is 0 Å². The molecule has 2 rings (SSSR count). The van der Waals surface area contributed by atoms with Gasteiger partial charge < -0.3 is 15.2 Å². The molecule has 2 aromatic rings. The Morgan fingerprint density at radius 3 is 2.19 bits per heavy atom. The maximum Gasteiger partial charge on any atom is 0.161 e. The summed E-state index contributed by atoms with van der Waals surface area (Å²) < 4.78 is 11.2. The molecule has 0 heterocycles. The van der Waals surface area contributed by atoms with E-state index in [4.69, 9.17) is 15.2 Å². The fourth-order valence-corrected chi connectivity index (χ4v) is 2.12. The summed E-state index contributed by atoms with van der Waals surface area (Å²) in [6.45, 7) is 5.40. The SMILES string of the molecule is COc1cc(CN)ccc1OCc1ccc(C(C)C)cc1. The lowest BCUT2D eigenvalue weighted by Crippen LogP contribution is -2.01. The van der Waals surface area contributed by atoms with Crippen molar-refractivity contribution < 1.29 is 9.47 Å².